The molecule has 0 unspecified atom stereocenters. The molecule has 2 aliphatic heterocycles. The summed E-state index contributed by atoms with van der Waals surface area (Å²) in [4.78, 5) is 12.2. The number of unbranched alkanes of at least 4 members (excludes halogenated alkanes) is 1. The van der Waals surface area contributed by atoms with Crippen LogP contribution in [0.25, 0.3) is 21.8 Å². The second kappa shape index (κ2) is 15.5. The molecule has 4 aromatic carbocycles. The van der Waals surface area contributed by atoms with Gasteiger partial charge in [-0.15, -0.1) is 0 Å². The van der Waals surface area contributed by atoms with E-state index in [1.807, 2.05) is 30.3 Å². The van der Waals surface area contributed by atoms with Gasteiger partial charge in [-0.05, 0) is 85.5 Å². The largest absolute Gasteiger partial charge is 0.494 e. The first-order chi connectivity index (χ1) is 23.7. The number of H-pyrrole nitrogens is 2. The highest BCUT2D eigenvalue weighted by molar-refractivity contribution is 5.85. The summed E-state index contributed by atoms with van der Waals surface area (Å²) in [6.07, 6.45) is 5.39. The Hall–Kier alpha value is -4.59. The Bertz CT molecular complexity index is 1900. The molecule has 0 radical (unpaired) electrons. The predicted octanol–water partition coefficient (Wildman–Crippen LogP) is 8.52. The van der Waals surface area contributed by atoms with Gasteiger partial charge in [-0.25, -0.2) is 4.39 Å². The van der Waals surface area contributed by atoms with Crippen LogP contribution < -0.4 is 9.47 Å². The lowest BCUT2D eigenvalue weighted by Gasteiger charge is -2.27. The van der Waals surface area contributed by atoms with Crippen LogP contribution in [0.4, 0.5) is 4.39 Å². The van der Waals surface area contributed by atoms with Gasteiger partial charge in [-0.1, -0.05) is 54.6 Å². The number of rotatable bonds is 11. The molecule has 8 rings (SSSR count). The van der Waals surface area contributed by atoms with Crippen molar-refractivity contribution in [1.29, 1.82) is 0 Å². The molecule has 0 atom stereocenters. The predicted molar refractivity (Wildman–Crippen MR) is 192 cm³/mol. The van der Waals surface area contributed by atoms with Crippen molar-refractivity contribution in [3.63, 3.8) is 0 Å². The van der Waals surface area contributed by atoms with Crippen LogP contribution in [0, 0.1) is 5.82 Å². The number of hydrogen-bond donors (Lipinski definition) is 2. The van der Waals surface area contributed by atoms with Crippen LogP contribution in [-0.4, -0.2) is 59.2 Å². The standard InChI is InChI=1S/C21H23FN2O.C20H22N2O/c22-16-7-9-17(10-8-16)25-14-4-3-12-24-13-11-21-19(15-24)18-5-1-2-6-20(18)23-21;1-2-7-16(8-3-1)23-14-6-12-22-13-11-20-18(15-22)17-9-4-5-10-19(17)21-20/h1-2,5-10,23H,3-4,11-15H2;1-5,7-10,21H,6,11-15H2. The molecule has 2 aromatic heterocycles. The lowest BCUT2D eigenvalue weighted by Crippen LogP contribution is -2.31. The molecule has 0 saturated carbocycles. The van der Waals surface area contributed by atoms with E-state index in [1.54, 1.807) is 12.1 Å². The fourth-order valence-corrected chi connectivity index (χ4v) is 6.98. The van der Waals surface area contributed by atoms with Crippen molar-refractivity contribution < 1.29 is 13.9 Å². The second-order valence-corrected chi connectivity index (χ2v) is 12.8. The van der Waals surface area contributed by atoms with Crippen LogP contribution in [0.1, 0.15) is 41.8 Å². The highest BCUT2D eigenvalue weighted by Gasteiger charge is 2.21. The van der Waals surface area contributed by atoms with Gasteiger partial charge < -0.3 is 19.4 Å². The molecule has 48 heavy (non-hydrogen) atoms. The molecule has 6 nitrogen and oxygen atoms in total. The van der Waals surface area contributed by atoms with Crippen molar-refractivity contribution >= 4 is 21.8 Å². The molecule has 4 heterocycles. The van der Waals surface area contributed by atoms with Gasteiger partial charge in [0.15, 0.2) is 0 Å². The van der Waals surface area contributed by atoms with Gasteiger partial charge >= 0.3 is 0 Å². The molecule has 0 amide bonds. The number of halogens is 1. The Morgan fingerprint density at radius 2 is 1.04 bits per heavy atom. The Labute approximate surface area is 282 Å². The number of aromatic nitrogens is 2. The summed E-state index contributed by atoms with van der Waals surface area (Å²) in [7, 11) is 0. The van der Waals surface area contributed by atoms with Gasteiger partial charge in [0.25, 0.3) is 0 Å². The van der Waals surface area contributed by atoms with E-state index in [0.29, 0.717) is 6.61 Å². The molecule has 2 N–H and O–H groups in total. The zero-order valence-corrected chi connectivity index (χ0v) is 27.6. The molecule has 0 spiro atoms. The molecule has 0 bridgehead atoms. The molecule has 2 aliphatic rings. The van der Waals surface area contributed by atoms with E-state index in [1.165, 1.54) is 56.5 Å². The lowest BCUT2D eigenvalue weighted by atomic mass is 10.0. The monoisotopic (exact) mass is 644 g/mol. The first-order valence-corrected chi connectivity index (χ1v) is 17.4. The Balaban J connectivity index is 0.000000152. The summed E-state index contributed by atoms with van der Waals surface area (Å²) < 4.78 is 24.3. The van der Waals surface area contributed by atoms with Crippen LogP contribution in [0.15, 0.2) is 103 Å². The van der Waals surface area contributed by atoms with Gasteiger partial charge in [-0.3, -0.25) is 9.80 Å². The summed E-state index contributed by atoms with van der Waals surface area (Å²) in [6.45, 7) is 7.95. The lowest BCUT2D eigenvalue weighted by molar-refractivity contribution is 0.221. The average molecular weight is 645 g/mol. The Morgan fingerprint density at radius 1 is 0.542 bits per heavy atom. The van der Waals surface area contributed by atoms with E-state index in [0.717, 1.165) is 89.5 Å². The fraction of sp³-hybridized carbons (Fsp3) is 0.317. The van der Waals surface area contributed by atoms with E-state index in [2.05, 4.69) is 68.3 Å². The maximum Gasteiger partial charge on any atom is 0.123 e. The van der Waals surface area contributed by atoms with Crippen LogP contribution in [-0.2, 0) is 25.9 Å². The molecule has 0 fully saturated rings. The Morgan fingerprint density at radius 3 is 1.65 bits per heavy atom. The smallest absolute Gasteiger partial charge is 0.123 e. The molecular weight excluding hydrogens is 599 g/mol. The number of para-hydroxylation sites is 3. The number of fused-ring (bicyclic) bond motifs is 6. The third-order valence-corrected chi connectivity index (χ3v) is 9.51. The van der Waals surface area contributed by atoms with Gasteiger partial charge in [0.2, 0.25) is 0 Å². The van der Waals surface area contributed by atoms with Crippen molar-refractivity contribution in [1.82, 2.24) is 19.8 Å². The fourth-order valence-electron chi connectivity index (χ4n) is 6.98. The number of hydrogen-bond acceptors (Lipinski definition) is 4. The summed E-state index contributed by atoms with van der Waals surface area (Å²) in [5.41, 5.74) is 8.29. The number of nitrogens with one attached hydrogen (secondary N) is 2. The van der Waals surface area contributed by atoms with Gasteiger partial charge in [-0.2, -0.15) is 0 Å². The number of benzene rings is 4. The van der Waals surface area contributed by atoms with E-state index in [-0.39, 0.29) is 5.82 Å². The SMILES string of the molecule is Fc1ccc(OCCCCN2CCc3[nH]c4ccccc4c3C2)cc1.c1ccc(OCCCN2CCc3[nH]c4ccccc4c3C2)cc1. The van der Waals surface area contributed by atoms with Crippen molar-refractivity contribution in [3.05, 3.63) is 131 Å². The van der Waals surface area contributed by atoms with Crippen LogP contribution in [0.5, 0.6) is 11.5 Å². The third-order valence-electron chi connectivity index (χ3n) is 9.51. The summed E-state index contributed by atoms with van der Waals surface area (Å²) >= 11 is 0. The minimum absolute atomic E-state index is 0.228. The Kier molecular flexibility index (Phi) is 10.4. The van der Waals surface area contributed by atoms with E-state index in [4.69, 9.17) is 9.47 Å². The van der Waals surface area contributed by atoms with Crippen LogP contribution >= 0.6 is 0 Å². The second-order valence-electron chi connectivity index (χ2n) is 12.8. The van der Waals surface area contributed by atoms with Crippen molar-refractivity contribution in [3.8, 4) is 11.5 Å². The van der Waals surface area contributed by atoms with Crippen molar-refractivity contribution in [2.75, 3.05) is 39.4 Å². The van der Waals surface area contributed by atoms with E-state index in [9.17, 15) is 4.39 Å². The number of ether oxygens (including phenoxy) is 2. The summed E-state index contributed by atoms with van der Waals surface area (Å²) in [5.74, 6) is 1.47. The van der Waals surface area contributed by atoms with Crippen molar-refractivity contribution in [2.45, 2.75) is 45.2 Å². The molecule has 6 aromatic rings. The molecule has 7 heteroatoms. The molecule has 0 saturated heterocycles. The zero-order chi connectivity index (χ0) is 32.5. The quantitative estimate of drug-likeness (QED) is 0.139. The maximum atomic E-state index is 12.9. The summed E-state index contributed by atoms with van der Waals surface area (Å²) in [6, 6.07) is 33.5. The molecular formula is C41H45FN4O2. The minimum Gasteiger partial charge on any atom is -0.494 e. The minimum atomic E-state index is -0.228. The third kappa shape index (κ3) is 7.92. The normalized spacial score (nSPS) is 14.7. The van der Waals surface area contributed by atoms with Crippen LogP contribution in [0.3, 0.4) is 0 Å². The molecule has 0 aliphatic carbocycles. The van der Waals surface area contributed by atoms with Crippen molar-refractivity contribution in [2.24, 2.45) is 0 Å². The van der Waals surface area contributed by atoms with Gasteiger partial charge in [0.1, 0.15) is 17.3 Å². The van der Waals surface area contributed by atoms with E-state index >= 15 is 0 Å². The van der Waals surface area contributed by atoms with Gasteiger partial charge in [0.05, 0.1) is 13.2 Å². The summed E-state index contributed by atoms with van der Waals surface area (Å²) in [5, 5.41) is 2.74. The average Bonchev–Trinajstić information content (AvgIpc) is 3.69. The number of nitrogens with zero attached hydrogens (tertiary/aromatic N) is 2. The first kappa shape index (κ1) is 32.0. The topological polar surface area (TPSA) is 56.5 Å². The highest BCUT2D eigenvalue weighted by atomic mass is 19.1. The zero-order valence-electron chi connectivity index (χ0n) is 27.6. The van der Waals surface area contributed by atoms with Gasteiger partial charge in [0, 0.05) is 78.8 Å². The highest BCUT2D eigenvalue weighted by Crippen LogP contribution is 2.29. The maximum absolute atomic E-state index is 12.9. The van der Waals surface area contributed by atoms with Crippen LogP contribution in [0.2, 0.25) is 0 Å². The number of aromatic amines is 2. The first-order valence-electron chi connectivity index (χ1n) is 17.4. The molecule has 248 valence electrons. The van der Waals surface area contributed by atoms with E-state index < -0.39 is 0 Å².